The second-order valence-electron chi connectivity index (χ2n) is 7.78. The Hall–Kier alpha value is -3.09. The Balaban J connectivity index is 1.79. The molecule has 1 aliphatic rings. The van der Waals surface area contributed by atoms with Crippen LogP contribution in [0.15, 0.2) is 26.0 Å². The number of rotatable bonds is 3. The highest BCUT2D eigenvalue weighted by molar-refractivity contribution is 6.00. The zero-order chi connectivity index (χ0) is 20.9. The Morgan fingerprint density at radius 2 is 1.90 bits per heavy atom. The van der Waals surface area contributed by atoms with Crippen LogP contribution in [0.2, 0.25) is 0 Å². The van der Waals surface area contributed by atoms with Gasteiger partial charge < -0.3 is 18.8 Å². The number of carbonyl (C=O) groups is 2. The van der Waals surface area contributed by atoms with Gasteiger partial charge in [0, 0.05) is 22.9 Å². The number of aryl methyl sites for hydroxylation is 3. The average molecular weight is 397 g/mol. The number of hydrogen-bond acceptors (Lipinski definition) is 5. The fraction of sp³-hybridized carbons (Fsp3) is 0.409. The molecular formula is C22H23NO6. The third-order valence-corrected chi connectivity index (χ3v) is 5.97. The third-order valence-electron chi connectivity index (χ3n) is 5.97. The second kappa shape index (κ2) is 7.06. The van der Waals surface area contributed by atoms with Crippen molar-refractivity contribution in [2.75, 3.05) is 6.54 Å². The number of benzene rings is 1. The molecule has 0 radical (unpaired) electrons. The van der Waals surface area contributed by atoms with E-state index >= 15 is 0 Å². The molecule has 4 rings (SSSR count). The fourth-order valence-electron chi connectivity index (χ4n) is 4.26. The van der Waals surface area contributed by atoms with Crippen LogP contribution in [-0.2, 0) is 16.0 Å². The summed E-state index contributed by atoms with van der Waals surface area (Å²) in [6.45, 7) is 5.97. The Morgan fingerprint density at radius 1 is 1.14 bits per heavy atom. The van der Waals surface area contributed by atoms with Gasteiger partial charge in [0.05, 0.1) is 18.2 Å². The number of likely N-dealkylation sites (tertiary alicyclic amines) is 1. The first-order chi connectivity index (χ1) is 13.8. The molecule has 29 heavy (non-hydrogen) atoms. The summed E-state index contributed by atoms with van der Waals surface area (Å²) in [6, 6.07) is 1.09. The first kappa shape index (κ1) is 19.2. The van der Waals surface area contributed by atoms with Crippen LogP contribution in [0.25, 0.3) is 21.9 Å². The van der Waals surface area contributed by atoms with E-state index in [9.17, 15) is 19.5 Å². The minimum absolute atomic E-state index is 0.171. The molecule has 1 saturated heterocycles. The third kappa shape index (κ3) is 3.10. The van der Waals surface area contributed by atoms with E-state index in [0.717, 1.165) is 34.7 Å². The van der Waals surface area contributed by atoms with Gasteiger partial charge >= 0.3 is 11.6 Å². The van der Waals surface area contributed by atoms with Gasteiger partial charge in [-0.15, -0.1) is 0 Å². The molecular weight excluding hydrogens is 374 g/mol. The maximum atomic E-state index is 12.9. The Kier molecular flexibility index (Phi) is 4.68. The number of carboxylic acid groups (broad SMARTS) is 1. The molecule has 1 atom stereocenters. The predicted molar refractivity (Wildman–Crippen MR) is 107 cm³/mol. The standard InChI is InChI=1S/C22H23NO6/c1-11-10-28-19-13(3)20-15(8-14(11)19)12(2)16(22(27)29-20)9-18(24)23-7-5-4-6-17(23)21(25)26/h8,10,17H,4-7,9H2,1-3H3,(H,25,26)/t17-/m1/s1. The molecule has 1 fully saturated rings. The summed E-state index contributed by atoms with van der Waals surface area (Å²) < 4.78 is 11.2. The first-order valence-electron chi connectivity index (χ1n) is 9.75. The summed E-state index contributed by atoms with van der Waals surface area (Å²) in [5, 5.41) is 11.1. The number of carboxylic acids is 1. The van der Waals surface area contributed by atoms with Crippen LogP contribution in [0.3, 0.4) is 0 Å². The lowest BCUT2D eigenvalue weighted by Crippen LogP contribution is -2.48. The van der Waals surface area contributed by atoms with Crippen molar-refractivity contribution in [3.05, 3.63) is 45.0 Å². The molecule has 0 spiro atoms. The molecule has 1 N–H and O–H groups in total. The van der Waals surface area contributed by atoms with Crippen LogP contribution in [0, 0.1) is 20.8 Å². The molecule has 0 aliphatic carbocycles. The highest BCUT2D eigenvalue weighted by Crippen LogP contribution is 2.32. The lowest BCUT2D eigenvalue weighted by atomic mass is 9.97. The fourth-order valence-corrected chi connectivity index (χ4v) is 4.26. The number of fused-ring (bicyclic) bond motifs is 2. The van der Waals surface area contributed by atoms with Crippen LogP contribution < -0.4 is 5.63 Å². The predicted octanol–water partition coefficient (Wildman–Crippen LogP) is 3.47. The average Bonchev–Trinajstić information content (AvgIpc) is 3.07. The van der Waals surface area contributed by atoms with Crippen molar-refractivity contribution in [1.29, 1.82) is 0 Å². The molecule has 0 unspecified atom stereocenters. The van der Waals surface area contributed by atoms with Gasteiger partial charge in [-0.2, -0.15) is 0 Å². The molecule has 7 heteroatoms. The Bertz CT molecular complexity index is 1200. The van der Waals surface area contributed by atoms with Gasteiger partial charge in [-0.25, -0.2) is 9.59 Å². The van der Waals surface area contributed by atoms with Crippen molar-refractivity contribution in [2.24, 2.45) is 0 Å². The van der Waals surface area contributed by atoms with E-state index in [1.165, 1.54) is 4.90 Å². The summed E-state index contributed by atoms with van der Waals surface area (Å²) in [7, 11) is 0. The molecule has 7 nitrogen and oxygen atoms in total. The van der Waals surface area contributed by atoms with E-state index in [1.807, 2.05) is 19.9 Å². The molecule has 2 aromatic heterocycles. The van der Waals surface area contributed by atoms with Gasteiger partial charge in [-0.1, -0.05) is 0 Å². The van der Waals surface area contributed by atoms with E-state index in [-0.39, 0.29) is 17.9 Å². The monoisotopic (exact) mass is 397 g/mol. The van der Waals surface area contributed by atoms with Gasteiger partial charge in [0.2, 0.25) is 5.91 Å². The molecule has 0 bridgehead atoms. The van der Waals surface area contributed by atoms with E-state index in [1.54, 1.807) is 13.2 Å². The largest absolute Gasteiger partial charge is 0.480 e. The van der Waals surface area contributed by atoms with E-state index < -0.39 is 17.6 Å². The summed E-state index contributed by atoms with van der Waals surface area (Å²) in [5.74, 6) is -1.36. The normalized spacial score (nSPS) is 17.2. The van der Waals surface area contributed by atoms with Gasteiger partial charge in [0.15, 0.2) is 0 Å². The minimum Gasteiger partial charge on any atom is -0.480 e. The number of hydrogen-bond donors (Lipinski definition) is 1. The Labute approximate surface area is 166 Å². The summed E-state index contributed by atoms with van der Waals surface area (Å²) in [4.78, 5) is 38.5. The number of furan rings is 1. The number of amides is 1. The maximum absolute atomic E-state index is 12.9. The second-order valence-corrected chi connectivity index (χ2v) is 7.78. The van der Waals surface area contributed by atoms with Gasteiger partial charge in [-0.05, 0) is 57.2 Å². The molecule has 1 amide bonds. The molecule has 1 aliphatic heterocycles. The summed E-state index contributed by atoms with van der Waals surface area (Å²) in [5.41, 5.74) is 3.23. The molecule has 0 saturated carbocycles. The van der Waals surface area contributed by atoms with Crippen molar-refractivity contribution in [3.8, 4) is 0 Å². The zero-order valence-electron chi connectivity index (χ0n) is 16.7. The summed E-state index contributed by atoms with van der Waals surface area (Å²) >= 11 is 0. The van der Waals surface area contributed by atoms with Crippen molar-refractivity contribution in [2.45, 2.75) is 52.5 Å². The number of carbonyl (C=O) groups excluding carboxylic acids is 1. The minimum atomic E-state index is -1.01. The lowest BCUT2D eigenvalue weighted by Gasteiger charge is -2.33. The van der Waals surface area contributed by atoms with Gasteiger partial charge in [0.1, 0.15) is 17.2 Å². The quantitative estimate of drug-likeness (QED) is 0.679. The molecule has 3 heterocycles. The number of aliphatic carboxylic acids is 1. The highest BCUT2D eigenvalue weighted by atomic mass is 16.4. The van der Waals surface area contributed by atoms with Crippen LogP contribution in [0.4, 0.5) is 0 Å². The van der Waals surface area contributed by atoms with Crippen molar-refractivity contribution in [1.82, 2.24) is 4.90 Å². The number of nitrogens with zero attached hydrogens (tertiary/aromatic N) is 1. The topological polar surface area (TPSA) is 101 Å². The summed E-state index contributed by atoms with van der Waals surface area (Å²) in [6.07, 6.45) is 3.46. The van der Waals surface area contributed by atoms with Crippen molar-refractivity contribution in [3.63, 3.8) is 0 Å². The lowest BCUT2D eigenvalue weighted by molar-refractivity contribution is -0.151. The zero-order valence-corrected chi connectivity index (χ0v) is 16.7. The first-order valence-corrected chi connectivity index (χ1v) is 9.75. The van der Waals surface area contributed by atoms with Crippen molar-refractivity contribution >= 4 is 33.8 Å². The highest BCUT2D eigenvalue weighted by Gasteiger charge is 2.32. The smallest absolute Gasteiger partial charge is 0.340 e. The van der Waals surface area contributed by atoms with Gasteiger partial charge in [0.25, 0.3) is 0 Å². The molecule has 1 aromatic carbocycles. The maximum Gasteiger partial charge on any atom is 0.340 e. The van der Waals surface area contributed by atoms with E-state index in [0.29, 0.717) is 29.7 Å². The van der Waals surface area contributed by atoms with Crippen LogP contribution >= 0.6 is 0 Å². The van der Waals surface area contributed by atoms with Crippen molar-refractivity contribution < 1.29 is 23.5 Å². The van der Waals surface area contributed by atoms with Crippen LogP contribution in [0.5, 0.6) is 0 Å². The Morgan fingerprint density at radius 3 is 2.62 bits per heavy atom. The van der Waals surface area contributed by atoms with Gasteiger partial charge in [-0.3, -0.25) is 4.79 Å². The van der Waals surface area contributed by atoms with E-state index in [2.05, 4.69) is 0 Å². The number of piperidine rings is 1. The van der Waals surface area contributed by atoms with Crippen LogP contribution in [-0.4, -0.2) is 34.5 Å². The molecule has 152 valence electrons. The van der Waals surface area contributed by atoms with E-state index in [4.69, 9.17) is 8.83 Å². The SMILES string of the molecule is Cc1coc2c(C)c3oc(=O)c(CC(=O)N4CCCC[C@@H]4C(=O)O)c(C)c3cc12. The molecule has 3 aromatic rings. The van der Waals surface area contributed by atoms with Crippen LogP contribution in [0.1, 0.15) is 41.5 Å².